The van der Waals surface area contributed by atoms with Gasteiger partial charge in [0.2, 0.25) is 4.47 Å². The molecule has 0 saturated heterocycles. The monoisotopic (exact) mass is 254 g/mol. The largest absolute Gasteiger partial charge is 0.295 e. The van der Waals surface area contributed by atoms with Gasteiger partial charge in [-0.05, 0) is 36.3 Å². The molecule has 84 valence electrons. The van der Waals surface area contributed by atoms with Crippen molar-refractivity contribution >= 4 is 22.9 Å². The minimum atomic E-state index is 0.493. The lowest BCUT2D eigenvalue weighted by Crippen LogP contribution is -2.17. The smallest absolute Gasteiger partial charge is 0.207 e. The van der Waals surface area contributed by atoms with Gasteiger partial charge in [0.1, 0.15) is 5.01 Å². The van der Waals surface area contributed by atoms with Crippen molar-refractivity contribution in [1.29, 1.82) is 0 Å². The Kier molecular flexibility index (Phi) is 3.82. The molecule has 0 atom stereocenters. The maximum Gasteiger partial charge on any atom is 0.207 e. The molecule has 0 N–H and O–H groups in total. The predicted octanol–water partition coefficient (Wildman–Crippen LogP) is 2.22. The van der Waals surface area contributed by atoms with Crippen molar-refractivity contribution in [3.8, 4) is 0 Å². The van der Waals surface area contributed by atoms with E-state index in [4.69, 9.17) is 11.6 Å². The molecule has 2 aromatic rings. The number of hydrogen-bond donors (Lipinski definition) is 0. The van der Waals surface area contributed by atoms with E-state index < -0.39 is 0 Å². The second-order valence-corrected chi connectivity index (χ2v) is 5.12. The molecule has 0 aliphatic carbocycles. The first kappa shape index (κ1) is 11.4. The summed E-state index contributed by atoms with van der Waals surface area (Å²) in [5, 5.41) is 8.69. The van der Waals surface area contributed by atoms with Gasteiger partial charge in [0.15, 0.2) is 0 Å². The van der Waals surface area contributed by atoms with E-state index in [9.17, 15) is 0 Å². The molecule has 0 aliphatic heterocycles. The highest BCUT2D eigenvalue weighted by Gasteiger charge is 2.06. The van der Waals surface area contributed by atoms with Crippen LogP contribution in [-0.4, -0.2) is 27.1 Å². The normalized spacial score (nSPS) is 10.9. The Morgan fingerprint density at radius 1 is 1.25 bits per heavy atom. The Labute approximate surface area is 103 Å². The van der Waals surface area contributed by atoms with Crippen LogP contribution in [0.3, 0.4) is 0 Å². The molecular formula is C10H11ClN4S. The molecule has 0 fully saturated rings. The van der Waals surface area contributed by atoms with E-state index in [0.717, 1.165) is 18.1 Å². The summed E-state index contributed by atoms with van der Waals surface area (Å²) >= 11 is 7.14. The predicted molar refractivity (Wildman–Crippen MR) is 64.3 cm³/mol. The quantitative estimate of drug-likeness (QED) is 0.839. The zero-order valence-corrected chi connectivity index (χ0v) is 10.4. The van der Waals surface area contributed by atoms with E-state index in [1.807, 2.05) is 19.2 Å². The lowest BCUT2D eigenvalue weighted by atomic mass is 10.2. The third-order valence-corrected chi connectivity index (χ3v) is 3.05. The molecule has 0 amide bonds. The summed E-state index contributed by atoms with van der Waals surface area (Å²) in [4.78, 5) is 6.14. The van der Waals surface area contributed by atoms with Crippen LogP contribution in [0.15, 0.2) is 24.5 Å². The van der Waals surface area contributed by atoms with Crippen molar-refractivity contribution in [2.45, 2.75) is 13.1 Å². The minimum absolute atomic E-state index is 0.493. The van der Waals surface area contributed by atoms with Gasteiger partial charge in [-0.3, -0.25) is 9.88 Å². The molecule has 2 aromatic heterocycles. The van der Waals surface area contributed by atoms with Gasteiger partial charge in [-0.25, -0.2) is 0 Å². The Morgan fingerprint density at radius 3 is 2.62 bits per heavy atom. The number of rotatable bonds is 4. The highest BCUT2D eigenvalue weighted by atomic mass is 35.5. The van der Waals surface area contributed by atoms with Crippen LogP contribution in [0.5, 0.6) is 0 Å². The van der Waals surface area contributed by atoms with Gasteiger partial charge >= 0.3 is 0 Å². The van der Waals surface area contributed by atoms with Crippen LogP contribution in [0, 0.1) is 0 Å². The average molecular weight is 255 g/mol. The van der Waals surface area contributed by atoms with E-state index in [1.54, 1.807) is 12.4 Å². The van der Waals surface area contributed by atoms with Crippen molar-refractivity contribution < 1.29 is 0 Å². The molecule has 0 radical (unpaired) electrons. The van der Waals surface area contributed by atoms with Gasteiger partial charge in [0.05, 0.1) is 6.54 Å². The molecule has 2 heterocycles. The Balaban J connectivity index is 1.92. The molecule has 0 saturated carbocycles. The maximum atomic E-state index is 5.72. The van der Waals surface area contributed by atoms with Crippen LogP contribution in [-0.2, 0) is 13.1 Å². The molecule has 4 nitrogen and oxygen atoms in total. The average Bonchev–Trinajstić information content (AvgIpc) is 2.65. The number of aromatic nitrogens is 3. The topological polar surface area (TPSA) is 41.9 Å². The second kappa shape index (κ2) is 5.34. The van der Waals surface area contributed by atoms with Gasteiger partial charge in [0, 0.05) is 18.9 Å². The highest BCUT2D eigenvalue weighted by Crippen LogP contribution is 2.16. The third kappa shape index (κ3) is 3.23. The molecule has 0 aliphatic rings. The Morgan fingerprint density at radius 2 is 2.00 bits per heavy atom. The van der Waals surface area contributed by atoms with Crippen LogP contribution < -0.4 is 0 Å². The van der Waals surface area contributed by atoms with E-state index in [0.29, 0.717) is 4.47 Å². The first-order chi connectivity index (χ1) is 7.74. The van der Waals surface area contributed by atoms with Gasteiger partial charge in [-0.1, -0.05) is 11.3 Å². The van der Waals surface area contributed by atoms with Crippen LogP contribution in [0.2, 0.25) is 4.47 Å². The summed E-state index contributed by atoms with van der Waals surface area (Å²) in [7, 11) is 2.04. The summed E-state index contributed by atoms with van der Waals surface area (Å²) in [5.41, 5.74) is 1.23. The maximum absolute atomic E-state index is 5.72. The summed E-state index contributed by atoms with van der Waals surface area (Å²) in [5.74, 6) is 0. The highest BCUT2D eigenvalue weighted by molar-refractivity contribution is 7.15. The number of pyridine rings is 1. The van der Waals surface area contributed by atoms with E-state index in [2.05, 4.69) is 20.1 Å². The lowest BCUT2D eigenvalue weighted by Gasteiger charge is -2.14. The number of hydrogen-bond acceptors (Lipinski definition) is 5. The zero-order chi connectivity index (χ0) is 11.4. The fourth-order valence-corrected chi connectivity index (χ4v) is 2.33. The van der Waals surface area contributed by atoms with Crippen LogP contribution in [0.25, 0.3) is 0 Å². The molecule has 6 heteroatoms. The summed E-state index contributed by atoms with van der Waals surface area (Å²) in [6.07, 6.45) is 3.59. The minimum Gasteiger partial charge on any atom is -0.295 e. The summed E-state index contributed by atoms with van der Waals surface area (Å²) < 4.78 is 0.493. The Hall–Kier alpha value is -1.04. The molecule has 0 bridgehead atoms. The van der Waals surface area contributed by atoms with Crippen molar-refractivity contribution in [2.24, 2.45) is 0 Å². The molecular weight excluding hydrogens is 244 g/mol. The van der Waals surface area contributed by atoms with Gasteiger partial charge in [-0.2, -0.15) is 0 Å². The van der Waals surface area contributed by atoms with Crippen molar-refractivity contribution in [3.63, 3.8) is 0 Å². The first-order valence-electron chi connectivity index (χ1n) is 4.79. The lowest BCUT2D eigenvalue weighted by molar-refractivity contribution is 0.317. The zero-order valence-electron chi connectivity index (χ0n) is 8.80. The molecule has 16 heavy (non-hydrogen) atoms. The molecule has 0 unspecified atom stereocenters. The fraction of sp³-hybridized carbons (Fsp3) is 0.300. The molecule has 2 rings (SSSR count). The SMILES string of the molecule is CN(Cc1ccncc1)Cc1nnc(Cl)s1. The van der Waals surface area contributed by atoms with Crippen LogP contribution >= 0.6 is 22.9 Å². The van der Waals surface area contributed by atoms with E-state index in [-0.39, 0.29) is 0 Å². The van der Waals surface area contributed by atoms with Gasteiger partial charge < -0.3 is 0 Å². The summed E-state index contributed by atoms with van der Waals surface area (Å²) in [6, 6.07) is 4.01. The number of nitrogens with zero attached hydrogens (tertiary/aromatic N) is 4. The van der Waals surface area contributed by atoms with Gasteiger partial charge in [0.25, 0.3) is 0 Å². The van der Waals surface area contributed by atoms with Crippen LogP contribution in [0.1, 0.15) is 10.6 Å². The standard InChI is InChI=1S/C10H11ClN4S/c1-15(6-8-2-4-12-5-3-8)7-9-13-14-10(11)16-9/h2-5H,6-7H2,1H3. The third-order valence-electron chi connectivity index (χ3n) is 2.05. The number of halogens is 1. The van der Waals surface area contributed by atoms with Crippen LogP contribution in [0.4, 0.5) is 0 Å². The van der Waals surface area contributed by atoms with Crippen molar-refractivity contribution in [2.75, 3.05) is 7.05 Å². The van der Waals surface area contributed by atoms with Crippen molar-refractivity contribution in [1.82, 2.24) is 20.1 Å². The van der Waals surface area contributed by atoms with Gasteiger partial charge in [-0.15, -0.1) is 10.2 Å². The van der Waals surface area contributed by atoms with E-state index in [1.165, 1.54) is 16.9 Å². The first-order valence-corrected chi connectivity index (χ1v) is 5.99. The fourth-order valence-electron chi connectivity index (χ4n) is 1.38. The van der Waals surface area contributed by atoms with E-state index >= 15 is 0 Å². The second-order valence-electron chi connectivity index (χ2n) is 3.48. The summed E-state index contributed by atoms with van der Waals surface area (Å²) in [6.45, 7) is 1.62. The molecule has 0 aromatic carbocycles. The Bertz CT molecular complexity index is 445. The molecule has 0 spiro atoms. The van der Waals surface area contributed by atoms with Crippen molar-refractivity contribution in [3.05, 3.63) is 39.6 Å².